The first-order valence-electron chi connectivity index (χ1n) is 7.94. The molecule has 1 fully saturated rings. The average molecular weight is 313 g/mol. The molecular formula is C17H19N3OS. The molecule has 1 saturated carbocycles. The standard InChI is InChI=1S/C17H19N3OS/c21-16(9-12-1-2-12)20-6-3-14-15(4-7-20)18-11-19-17(14)13-5-8-22-10-13/h5,8,10-12H,1-4,6-7,9H2. The van der Waals surface area contributed by atoms with Crippen LogP contribution in [0, 0.1) is 5.92 Å². The van der Waals surface area contributed by atoms with E-state index in [0.717, 1.165) is 43.7 Å². The van der Waals surface area contributed by atoms with E-state index in [9.17, 15) is 4.79 Å². The molecule has 0 aromatic carbocycles. The van der Waals surface area contributed by atoms with E-state index < -0.39 is 0 Å². The van der Waals surface area contributed by atoms with Crippen molar-refractivity contribution in [1.29, 1.82) is 0 Å². The number of carbonyl (C=O) groups excluding carboxylic acids is 1. The Hall–Kier alpha value is -1.75. The normalized spacial score (nSPS) is 17.9. The van der Waals surface area contributed by atoms with E-state index in [4.69, 9.17) is 0 Å². The summed E-state index contributed by atoms with van der Waals surface area (Å²) < 4.78 is 0. The first-order valence-corrected chi connectivity index (χ1v) is 8.88. The van der Waals surface area contributed by atoms with E-state index in [1.165, 1.54) is 24.0 Å². The molecule has 1 aliphatic carbocycles. The van der Waals surface area contributed by atoms with Crippen molar-refractivity contribution in [2.75, 3.05) is 13.1 Å². The molecule has 4 rings (SSSR count). The summed E-state index contributed by atoms with van der Waals surface area (Å²) in [7, 11) is 0. The predicted molar refractivity (Wildman–Crippen MR) is 86.7 cm³/mol. The first-order chi connectivity index (χ1) is 10.8. The van der Waals surface area contributed by atoms with Gasteiger partial charge in [0.25, 0.3) is 0 Å². The summed E-state index contributed by atoms with van der Waals surface area (Å²) in [5.41, 5.74) is 4.55. The second-order valence-electron chi connectivity index (χ2n) is 6.19. The number of thiophene rings is 1. The summed E-state index contributed by atoms with van der Waals surface area (Å²) in [5.74, 6) is 0.972. The fourth-order valence-electron chi connectivity index (χ4n) is 3.12. The SMILES string of the molecule is O=C(CC1CC1)N1CCc2ncnc(-c3ccsc3)c2CC1. The van der Waals surface area contributed by atoms with Gasteiger partial charge in [0.1, 0.15) is 6.33 Å². The van der Waals surface area contributed by atoms with Crippen LogP contribution >= 0.6 is 11.3 Å². The highest BCUT2D eigenvalue weighted by Gasteiger charge is 2.28. The van der Waals surface area contributed by atoms with Crippen molar-refractivity contribution in [3.8, 4) is 11.3 Å². The van der Waals surface area contributed by atoms with Crippen molar-refractivity contribution in [2.24, 2.45) is 5.92 Å². The van der Waals surface area contributed by atoms with Crippen molar-refractivity contribution in [1.82, 2.24) is 14.9 Å². The molecule has 0 unspecified atom stereocenters. The van der Waals surface area contributed by atoms with Gasteiger partial charge in [-0.1, -0.05) is 0 Å². The summed E-state index contributed by atoms with van der Waals surface area (Å²) >= 11 is 1.68. The topological polar surface area (TPSA) is 46.1 Å². The minimum Gasteiger partial charge on any atom is -0.342 e. The Morgan fingerprint density at radius 1 is 1.27 bits per heavy atom. The molecule has 2 aromatic rings. The highest BCUT2D eigenvalue weighted by Crippen LogP contribution is 2.33. The number of carbonyl (C=O) groups is 1. The number of fused-ring (bicyclic) bond motifs is 1. The van der Waals surface area contributed by atoms with Crippen LogP contribution in [0.25, 0.3) is 11.3 Å². The van der Waals surface area contributed by atoms with E-state index in [0.29, 0.717) is 11.8 Å². The summed E-state index contributed by atoms with van der Waals surface area (Å²) in [4.78, 5) is 23.4. The van der Waals surface area contributed by atoms with Crippen LogP contribution < -0.4 is 0 Å². The number of rotatable bonds is 3. The maximum absolute atomic E-state index is 12.4. The maximum atomic E-state index is 12.4. The Morgan fingerprint density at radius 2 is 2.14 bits per heavy atom. The van der Waals surface area contributed by atoms with Crippen molar-refractivity contribution in [3.63, 3.8) is 0 Å². The molecule has 3 heterocycles. The third-order valence-electron chi connectivity index (χ3n) is 4.59. The van der Waals surface area contributed by atoms with Crippen LogP contribution in [0.1, 0.15) is 30.5 Å². The van der Waals surface area contributed by atoms with Crippen LogP contribution in [-0.2, 0) is 17.6 Å². The predicted octanol–water partition coefficient (Wildman–Crippen LogP) is 2.93. The second-order valence-corrected chi connectivity index (χ2v) is 6.97. The molecule has 0 N–H and O–H groups in total. The van der Waals surface area contributed by atoms with Gasteiger partial charge in [-0.05, 0) is 36.6 Å². The molecule has 114 valence electrons. The van der Waals surface area contributed by atoms with Gasteiger partial charge in [0, 0.05) is 48.1 Å². The fourth-order valence-corrected chi connectivity index (χ4v) is 3.76. The van der Waals surface area contributed by atoms with Gasteiger partial charge >= 0.3 is 0 Å². The van der Waals surface area contributed by atoms with Crippen LogP contribution in [0.3, 0.4) is 0 Å². The molecule has 1 aliphatic heterocycles. The minimum absolute atomic E-state index is 0.320. The number of amides is 1. The zero-order valence-corrected chi connectivity index (χ0v) is 13.3. The Kier molecular flexibility index (Phi) is 3.66. The lowest BCUT2D eigenvalue weighted by Gasteiger charge is -2.20. The summed E-state index contributed by atoms with van der Waals surface area (Å²) in [5, 5.41) is 4.20. The third kappa shape index (κ3) is 2.77. The monoisotopic (exact) mass is 313 g/mol. The third-order valence-corrected chi connectivity index (χ3v) is 5.28. The Labute approximate surface area is 134 Å². The number of aromatic nitrogens is 2. The molecule has 2 aromatic heterocycles. The molecule has 1 amide bonds. The first kappa shape index (κ1) is 13.9. The van der Waals surface area contributed by atoms with Crippen LogP contribution in [0.15, 0.2) is 23.2 Å². The van der Waals surface area contributed by atoms with Crippen LogP contribution in [0.5, 0.6) is 0 Å². The molecule has 0 saturated heterocycles. The molecule has 0 radical (unpaired) electrons. The Balaban J connectivity index is 1.56. The van der Waals surface area contributed by atoms with E-state index in [1.54, 1.807) is 17.7 Å². The minimum atomic E-state index is 0.320. The van der Waals surface area contributed by atoms with E-state index in [1.807, 2.05) is 4.90 Å². The molecule has 0 atom stereocenters. The number of nitrogens with zero attached hydrogens (tertiary/aromatic N) is 3. The van der Waals surface area contributed by atoms with Crippen molar-refractivity contribution < 1.29 is 4.79 Å². The number of hydrogen-bond acceptors (Lipinski definition) is 4. The second kappa shape index (κ2) is 5.80. The Morgan fingerprint density at radius 3 is 2.91 bits per heavy atom. The summed E-state index contributed by atoms with van der Waals surface area (Å²) in [6.07, 6.45) is 6.55. The van der Waals surface area contributed by atoms with Crippen LogP contribution in [0.4, 0.5) is 0 Å². The summed E-state index contributed by atoms with van der Waals surface area (Å²) in [6, 6.07) is 2.11. The van der Waals surface area contributed by atoms with Gasteiger partial charge in [-0.15, -0.1) is 0 Å². The highest BCUT2D eigenvalue weighted by molar-refractivity contribution is 7.08. The number of hydrogen-bond donors (Lipinski definition) is 0. The van der Waals surface area contributed by atoms with E-state index in [-0.39, 0.29) is 0 Å². The van der Waals surface area contributed by atoms with Gasteiger partial charge in [0.15, 0.2) is 0 Å². The van der Waals surface area contributed by atoms with Gasteiger partial charge < -0.3 is 4.90 Å². The van der Waals surface area contributed by atoms with Crippen molar-refractivity contribution in [3.05, 3.63) is 34.4 Å². The molecule has 0 bridgehead atoms. The molecule has 0 spiro atoms. The summed E-state index contributed by atoms with van der Waals surface area (Å²) in [6.45, 7) is 1.59. The molecule has 2 aliphatic rings. The molecule has 4 nitrogen and oxygen atoms in total. The largest absolute Gasteiger partial charge is 0.342 e. The lowest BCUT2D eigenvalue weighted by molar-refractivity contribution is -0.131. The average Bonchev–Trinajstić information content (AvgIpc) is 3.23. The van der Waals surface area contributed by atoms with Gasteiger partial charge in [0.2, 0.25) is 5.91 Å². The van der Waals surface area contributed by atoms with Gasteiger partial charge in [-0.3, -0.25) is 4.79 Å². The zero-order valence-electron chi connectivity index (χ0n) is 12.5. The van der Waals surface area contributed by atoms with Crippen LogP contribution in [-0.4, -0.2) is 33.9 Å². The Bertz CT molecular complexity index is 679. The lowest BCUT2D eigenvalue weighted by Crippen LogP contribution is -2.33. The highest BCUT2D eigenvalue weighted by atomic mass is 32.1. The van der Waals surface area contributed by atoms with Gasteiger partial charge in [-0.2, -0.15) is 11.3 Å². The maximum Gasteiger partial charge on any atom is 0.222 e. The zero-order chi connectivity index (χ0) is 14.9. The van der Waals surface area contributed by atoms with Crippen LogP contribution in [0.2, 0.25) is 0 Å². The van der Waals surface area contributed by atoms with Gasteiger partial charge in [-0.25, -0.2) is 9.97 Å². The van der Waals surface area contributed by atoms with Gasteiger partial charge in [0.05, 0.1) is 5.69 Å². The molecule has 5 heteroatoms. The van der Waals surface area contributed by atoms with Crippen molar-refractivity contribution in [2.45, 2.75) is 32.1 Å². The van der Waals surface area contributed by atoms with Crippen molar-refractivity contribution >= 4 is 17.2 Å². The molecular weight excluding hydrogens is 294 g/mol. The quantitative estimate of drug-likeness (QED) is 0.875. The smallest absolute Gasteiger partial charge is 0.222 e. The van der Waals surface area contributed by atoms with E-state index in [2.05, 4.69) is 26.8 Å². The fraction of sp³-hybridized carbons (Fsp3) is 0.471. The van der Waals surface area contributed by atoms with E-state index >= 15 is 0 Å². The lowest BCUT2D eigenvalue weighted by atomic mass is 10.0. The molecule has 22 heavy (non-hydrogen) atoms.